The van der Waals surface area contributed by atoms with Crippen LogP contribution in [0.2, 0.25) is 0 Å². The Bertz CT molecular complexity index is 361. The Hall–Kier alpha value is -0.410. The first kappa shape index (κ1) is 12.1. The summed E-state index contributed by atoms with van der Waals surface area (Å²) in [5.41, 5.74) is 0.861. The predicted octanol–water partition coefficient (Wildman–Crippen LogP) is 3.68. The van der Waals surface area contributed by atoms with Crippen LogP contribution < -0.4 is 0 Å². The van der Waals surface area contributed by atoms with E-state index in [1.807, 2.05) is 6.07 Å². The fourth-order valence-corrected chi connectivity index (χ4v) is 2.87. The van der Waals surface area contributed by atoms with Crippen molar-refractivity contribution in [3.63, 3.8) is 0 Å². The molecule has 1 fully saturated rings. The molecule has 0 spiro atoms. The van der Waals surface area contributed by atoms with Crippen LogP contribution in [-0.4, -0.2) is 11.2 Å². The number of hydrogen-bond acceptors (Lipinski definition) is 1. The van der Waals surface area contributed by atoms with Crippen molar-refractivity contribution in [2.24, 2.45) is 5.92 Å². The van der Waals surface area contributed by atoms with E-state index in [0.29, 0.717) is 16.8 Å². The molecule has 88 valence electrons. The van der Waals surface area contributed by atoms with E-state index < -0.39 is 0 Å². The molecule has 16 heavy (non-hydrogen) atoms. The van der Waals surface area contributed by atoms with Gasteiger partial charge >= 0.3 is 0 Å². The molecule has 1 aromatic carbocycles. The SMILES string of the molecule is OC(Cc1cccc(F)c1Br)C1CCCC1. The minimum absolute atomic E-state index is 0.254. The van der Waals surface area contributed by atoms with Crippen LogP contribution in [0.3, 0.4) is 0 Å². The molecule has 1 nitrogen and oxygen atoms in total. The number of rotatable bonds is 3. The zero-order valence-electron chi connectivity index (χ0n) is 9.13. The highest BCUT2D eigenvalue weighted by atomic mass is 79.9. The van der Waals surface area contributed by atoms with Crippen LogP contribution in [0.25, 0.3) is 0 Å². The number of benzene rings is 1. The quantitative estimate of drug-likeness (QED) is 0.899. The maximum absolute atomic E-state index is 13.3. The van der Waals surface area contributed by atoms with Gasteiger partial charge in [0.15, 0.2) is 0 Å². The number of aliphatic hydroxyl groups excluding tert-OH is 1. The molecule has 0 radical (unpaired) electrons. The van der Waals surface area contributed by atoms with E-state index in [2.05, 4.69) is 15.9 Å². The van der Waals surface area contributed by atoms with Crippen molar-refractivity contribution in [2.75, 3.05) is 0 Å². The summed E-state index contributed by atoms with van der Waals surface area (Å²) in [7, 11) is 0. The van der Waals surface area contributed by atoms with Gasteiger partial charge in [0.25, 0.3) is 0 Å². The van der Waals surface area contributed by atoms with Gasteiger partial charge in [-0.1, -0.05) is 25.0 Å². The van der Waals surface area contributed by atoms with Gasteiger partial charge in [0, 0.05) is 0 Å². The second-order valence-electron chi connectivity index (χ2n) is 4.53. The molecule has 0 amide bonds. The van der Waals surface area contributed by atoms with Crippen LogP contribution in [0.1, 0.15) is 31.2 Å². The van der Waals surface area contributed by atoms with Gasteiger partial charge in [0.1, 0.15) is 5.82 Å². The van der Waals surface area contributed by atoms with Crippen LogP contribution in [0.5, 0.6) is 0 Å². The van der Waals surface area contributed by atoms with Crippen molar-refractivity contribution in [2.45, 2.75) is 38.2 Å². The highest BCUT2D eigenvalue weighted by Gasteiger charge is 2.24. The second-order valence-corrected chi connectivity index (χ2v) is 5.32. The molecule has 1 aliphatic rings. The third-order valence-electron chi connectivity index (χ3n) is 3.40. The topological polar surface area (TPSA) is 20.2 Å². The molecule has 1 aliphatic carbocycles. The van der Waals surface area contributed by atoms with Crippen LogP contribution in [0, 0.1) is 11.7 Å². The Balaban J connectivity index is 2.05. The average molecular weight is 287 g/mol. The van der Waals surface area contributed by atoms with E-state index in [0.717, 1.165) is 18.4 Å². The summed E-state index contributed by atoms with van der Waals surface area (Å²) in [6.45, 7) is 0. The molecule has 1 aromatic rings. The predicted molar refractivity (Wildman–Crippen MR) is 65.8 cm³/mol. The lowest BCUT2D eigenvalue weighted by Gasteiger charge is -2.18. The Morgan fingerprint density at radius 3 is 2.75 bits per heavy atom. The van der Waals surface area contributed by atoms with Crippen molar-refractivity contribution in [3.05, 3.63) is 34.1 Å². The van der Waals surface area contributed by atoms with Gasteiger partial charge in [0.2, 0.25) is 0 Å². The molecule has 0 heterocycles. The number of aliphatic hydroxyl groups is 1. The number of hydrogen-bond donors (Lipinski definition) is 1. The van der Waals surface area contributed by atoms with Crippen molar-refractivity contribution < 1.29 is 9.50 Å². The van der Waals surface area contributed by atoms with E-state index in [1.165, 1.54) is 18.9 Å². The maximum atomic E-state index is 13.3. The van der Waals surface area contributed by atoms with Crippen LogP contribution in [-0.2, 0) is 6.42 Å². The highest BCUT2D eigenvalue weighted by Crippen LogP contribution is 2.30. The average Bonchev–Trinajstić information content (AvgIpc) is 2.78. The van der Waals surface area contributed by atoms with Crippen molar-refractivity contribution in [1.29, 1.82) is 0 Å². The van der Waals surface area contributed by atoms with Gasteiger partial charge in [-0.05, 0) is 52.7 Å². The molecular weight excluding hydrogens is 271 g/mol. The van der Waals surface area contributed by atoms with Gasteiger partial charge in [0.05, 0.1) is 10.6 Å². The molecule has 2 rings (SSSR count). The first-order valence-corrected chi connectivity index (χ1v) is 6.58. The van der Waals surface area contributed by atoms with E-state index in [9.17, 15) is 9.50 Å². The van der Waals surface area contributed by atoms with Gasteiger partial charge in [-0.15, -0.1) is 0 Å². The van der Waals surface area contributed by atoms with Crippen LogP contribution in [0.4, 0.5) is 4.39 Å². The fraction of sp³-hybridized carbons (Fsp3) is 0.538. The van der Waals surface area contributed by atoms with Gasteiger partial charge in [-0.2, -0.15) is 0 Å². The molecule has 1 saturated carbocycles. The summed E-state index contributed by atoms with van der Waals surface area (Å²) in [5, 5.41) is 10.1. The lowest BCUT2D eigenvalue weighted by atomic mass is 9.95. The smallest absolute Gasteiger partial charge is 0.137 e. The highest BCUT2D eigenvalue weighted by molar-refractivity contribution is 9.10. The third kappa shape index (κ3) is 2.64. The van der Waals surface area contributed by atoms with Gasteiger partial charge < -0.3 is 5.11 Å². The van der Waals surface area contributed by atoms with Gasteiger partial charge in [-0.25, -0.2) is 4.39 Å². The third-order valence-corrected chi connectivity index (χ3v) is 4.29. The zero-order valence-corrected chi connectivity index (χ0v) is 10.7. The maximum Gasteiger partial charge on any atom is 0.137 e. The molecular formula is C13H16BrFO. The summed E-state index contributed by atoms with van der Waals surface area (Å²) in [4.78, 5) is 0. The lowest BCUT2D eigenvalue weighted by Crippen LogP contribution is -2.20. The molecule has 0 saturated heterocycles. The van der Waals surface area contributed by atoms with E-state index in [-0.39, 0.29) is 11.9 Å². The lowest BCUT2D eigenvalue weighted by molar-refractivity contribution is 0.111. The summed E-state index contributed by atoms with van der Waals surface area (Å²) in [6.07, 6.45) is 4.85. The summed E-state index contributed by atoms with van der Waals surface area (Å²) >= 11 is 3.23. The normalized spacial score (nSPS) is 18.9. The molecule has 1 unspecified atom stereocenters. The number of halogens is 2. The Morgan fingerprint density at radius 1 is 1.38 bits per heavy atom. The van der Waals surface area contributed by atoms with Crippen molar-refractivity contribution >= 4 is 15.9 Å². The van der Waals surface area contributed by atoms with E-state index in [1.54, 1.807) is 6.07 Å². The Labute approximate surface area is 104 Å². The van der Waals surface area contributed by atoms with Crippen LogP contribution in [0.15, 0.2) is 22.7 Å². The van der Waals surface area contributed by atoms with E-state index in [4.69, 9.17) is 0 Å². The Morgan fingerprint density at radius 2 is 2.06 bits per heavy atom. The molecule has 1 N–H and O–H groups in total. The molecule has 0 aromatic heterocycles. The molecule has 1 atom stereocenters. The molecule has 3 heteroatoms. The van der Waals surface area contributed by atoms with E-state index >= 15 is 0 Å². The second kappa shape index (κ2) is 5.28. The standard InChI is InChI=1S/C13H16BrFO/c14-13-10(6-3-7-11(13)15)8-12(16)9-4-1-2-5-9/h3,6-7,9,12,16H,1-2,4-5,8H2. The van der Waals surface area contributed by atoms with Crippen molar-refractivity contribution in [1.82, 2.24) is 0 Å². The Kier molecular flexibility index (Phi) is 3.98. The zero-order chi connectivity index (χ0) is 11.5. The summed E-state index contributed by atoms with van der Waals surface area (Å²) in [6, 6.07) is 4.98. The van der Waals surface area contributed by atoms with Crippen molar-refractivity contribution in [3.8, 4) is 0 Å². The minimum Gasteiger partial charge on any atom is -0.392 e. The fourth-order valence-electron chi connectivity index (χ4n) is 2.44. The van der Waals surface area contributed by atoms with Crippen LogP contribution >= 0.6 is 15.9 Å². The van der Waals surface area contributed by atoms with Gasteiger partial charge in [-0.3, -0.25) is 0 Å². The summed E-state index contributed by atoms with van der Waals surface area (Å²) in [5.74, 6) is 0.145. The molecule has 0 aliphatic heterocycles. The monoisotopic (exact) mass is 286 g/mol. The first-order valence-electron chi connectivity index (χ1n) is 5.79. The minimum atomic E-state index is -0.333. The first-order chi connectivity index (χ1) is 7.68. The molecule has 0 bridgehead atoms. The largest absolute Gasteiger partial charge is 0.392 e. The summed E-state index contributed by atoms with van der Waals surface area (Å²) < 4.78 is 13.8.